The average Bonchev–Trinajstić information content (AvgIpc) is 2.94. The van der Waals surface area contributed by atoms with Gasteiger partial charge in [0.05, 0.1) is 12.8 Å². The Balaban J connectivity index is 0.00000161. The molecule has 0 bridgehead atoms. The Labute approximate surface area is 130 Å². The molecule has 3 rings (SSSR count). The molecular formula is C15H19ClN4O. The number of ether oxygens (including phenoxy) is 1. The molecule has 1 aromatic heterocycles. The maximum absolute atomic E-state index is 5.82. The Morgan fingerprint density at radius 2 is 1.86 bits per heavy atom. The summed E-state index contributed by atoms with van der Waals surface area (Å²) < 4.78 is 5.18. The quantitative estimate of drug-likeness (QED) is 0.944. The van der Waals surface area contributed by atoms with Crippen molar-refractivity contribution in [2.24, 2.45) is 0 Å². The molecule has 0 saturated carbocycles. The fraction of sp³-hybridized carbons (Fsp3) is 0.333. The van der Waals surface area contributed by atoms with Crippen molar-refractivity contribution in [3.63, 3.8) is 0 Å². The number of hydrogen-bond donors (Lipinski definition) is 1. The topological polar surface area (TPSA) is 64.3 Å². The van der Waals surface area contributed by atoms with E-state index in [1.54, 1.807) is 7.11 Å². The second kappa shape index (κ2) is 6.18. The van der Waals surface area contributed by atoms with Crippen LogP contribution in [0, 0.1) is 0 Å². The van der Waals surface area contributed by atoms with Crippen LogP contribution in [0.5, 0.6) is 5.75 Å². The summed E-state index contributed by atoms with van der Waals surface area (Å²) in [6.07, 6.45) is 3.13. The molecule has 21 heavy (non-hydrogen) atoms. The van der Waals surface area contributed by atoms with Crippen molar-refractivity contribution in [2.45, 2.75) is 19.3 Å². The lowest BCUT2D eigenvalue weighted by atomic mass is 10.2. The van der Waals surface area contributed by atoms with Crippen LogP contribution in [0.2, 0.25) is 0 Å². The predicted octanol–water partition coefficient (Wildman–Crippen LogP) is 2.75. The Bertz CT molecular complexity index is 630. The molecule has 0 spiro atoms. The molecule has 2 N–H and O–H groups in total. The lowest BCUT2D eigenvalue weighted by molar-refractivity contribution is 0.415. The van der Waals surface area contributed by atoms with Gasteiger partial charge >= 0.3 is 0 Å². The highest BCUT2D eigenvalue weighted by molar-refractivity contribution is 5.85. The van der Waals surface area contributed by atoms with Gasteiger partial charge in [-0.05, 0) is 43.5 Å². The van der Waals surface area contributed by atoms with Crippen LogP contribution < -0.4 is 15.4 Å². The molecule has 0 saturated heterocycles. The Morgan fingerprint density at radius 3 is 2.52 bits per heavy atom. The van der Waals surface area contributed by atoms with Crippen LogP contribution in [0.4, 0.5) is 17.5 Å². The summed E-state index contributed by atoms with van der Waals surface area (Å²) in [5.41, 5.74) is 9.19. The number of aryl methyl sites for hydroxylation is 1. The Hall–Kier alpha value is -2.01. The molecular weight excluding hydrogens is 288 g/mol. The highest BCUT2D eigenvalue weighted by atomic mass is 35.5. The lowest BCUT2D eigenvalue weighted by Gasteiger charge is -2.21. The maximum atomic E-state index is 5.82. The summed E-state index contributed by atoms with van der Waals surface area (Å²) in [5.74, 6) is 2.10. The van der Waals surface area contributed by atoms with Crippen molar-refractivity contribution in [2.75, 3.05) is 24.8 Å². The molecule has 5 nitrogen and oxygen atoms in total. The molecule has 112 valence electrons. The molecule has 0 unspecified atom stereocenters. The molecule has 6 heteroatoms. The van der Waals surface area contributed by atoms with E-state index in [1.807, 2.05) is 31.3 Å². The molecule has 0 atom stereocenters. The number of nitrogens with two attached hydrogens (primary N) is 1. The van der Waals surface area contributed by atoms with Crippen molar-refractivity contribution in [3.05, 3.63) is 35.5 Å². The minimum absolute atomic E-state index is 0. The van der Waals surface area contributed by atoms with E-state index in [0.717, 1.165) is 42.2 Å². The monoisotopic (exact) mass is 306 g/mol. The van der Waals surface area contributed by atoms with E-state index in [2.05, 4.69) is 14.9 Å². The molecule has 2 aromatic rings. The van der Waals surface area contributed by atoms with Crippen LogP contribution in [0.15, 0.2) is 24.3 Å². The number of rotatable bonds is 3. The van der Waals surface area contributed by atoms with Crippen LogP contribution in [-0.2, 0) is 12.8 Å². The number of nitrogen functional groups attached to an aromatic ring is 1. The molecule has 1 heterocycles. The zero-order chi connectivity index (χ0) is 14.1. The zero-order valence-corrected chi connectivity index (χ0v) is 13.0. The van der Waals surface area contributed by atoms with Crippen LogP contribution in [0.3, 0.4) is 0 Å². The normalized spacial score (nSPS) is 12.5. The van der Waals surface area contributed by atoms with Gasteiger partial charge in [-0.3, -0.25) is 0 Å². The first-order valence-corrected chi connectivity index (χ1v) is 6.72. The van der Waals surface area contributed by atoms with E-state index in [9.17, 15) is 0 Å². The van der Waals surface area contributed by atoms with E-state index in [-0.39, 0.29) is 12.4 Å². The van der Waals surface area contributed by atoms with Crippen LogP contribution in [0.1, 0.15) is 17.7 Å². The maximum Gasteiger partial charge on any atom is 0.222 e. The van der Waals surface area contributed by atoms with Crippen molar-refractivity contribution >= 4 is 29.9 Å². The summed E-state index contributed by atoms with van der Waals surface area (Å²) in [6, 6.07) is 7.91. The lowest BCUT2D eigenvalue weighted by Crippen LogP contribution is -2.15. The van der Waals surface area contributed by atoms with E-state index < -0.39 is 0 Å². The second-order valence-electron chi connectivity index (χ2n) is 4.94. The van der Waals surface area contributed by atoms with Gasteiger partial charge in [0.2, 0.25) is 5.95 Å². The smallest absolute Gasteiger partial charge is 0.222 e. The van der Waals surface area contributed by atoms with Crippen LogP contribution >= 0.6 is 12.4 Å². The largest absolute Gasteiger partial charge is 0.497 e. The van der Waals surface area contributed by atoms with Gasteiger partial charge in [0.15, 0.2) is 0 Å². The molecule has 1 aliphatic rings. The van der Waals surface area contributed by atoms with Gasteiger partial charge in [0, 0.05) is 18.3 Å². The highest BCUT2D eigenvalue weighted by Crippen LogP contribution is 2.32. The standard InChI is InChI=1S/C15H18N4O.ClH/c1-19(10-6-8-11(20-2)9-7-10)14-12-4-3-5-13(12)17-15(16)18-14;/h6-9H,3-5H2,1-2H3,(H2,16,17,18);1H. The molecule has 1 aliphatic carbocycles. The van der Waals surface area contributed by atoms with Gasteiger partial charge in [-0.2, -0.15) is 4.98 Å². The predicted molar refractivity (Wildman–Crippen MR) is 86.8 cm³/mol. The third-order valence-electron chi connectivity index (χ3n) is 3.71. The van der Waals surface area contributed by atoms with E-state index in [4.69, 9.17) is 10.5 Å². The first kappa shape index (κ1) is 15.4. The summed E-state index contributed by atoms with van der Waals surface area (Å²) >= 11 is 0. The summed E-state index contributed by atoms with van der Waals surface area (Å²) in [6.45, 7) is 0. The van der Waals surface area contributed by atoms with Gasteiger partial charge in [-0.1, -0.05) is 0 Å². The number of nitrogens with zero attached hydrogens (tertiary/aromatic N) is 3. The van der Waals surface area contributed by atoms with E-state index in [1.165, 1.54) is 5.56 Å². The first-order valence-electron chi connectivity index (χ1n) is 6.72. The minimum atomic E-state index is 0. The van der Waals surface area contributed by atoms with Crippen LogP contribution in [0.25, 0.3) is 0 Å². The van der Waals surface area contributed by atoms with Gasteiger partial charge in [-0.15, -0.1) is 12.4 Å². The molecule has 0 aliphatic heterocycles. The zero-order valence-electron chi connectivity index (χ0n) is 12.2. The Morgan fingerprint density at radius 1 is 1.14 bits per heavy atom. The molecule has 0 amide bonds. The number of methoxy groups -OCH3 is 1. The summed E-state index contributed by atoms with van der Waals surface area (Å²) in [5, 5.41) is 0. The summed E-state index contributed by atoms with van der Waals surface area (Å²) in [4.78, 5) is 10.8. The average molecular weight is 307 g/mol. The van der Waals surface area contributed by atoms with Crippen molar-refractivity contribution in [1.82, 2.24) is 9.97 Å². The third-order valence-corrected chi connectivity index (χ3v) is 3.71. The van der Waals surface area contributed by atoms with E-state index in [0.29, 0.717) is 5.95 Å². The third kappa shape index (κ3) is 2.88. The van der Waals surface area contributed by atoms with Gasteiger partial charge in [0.25, 0.3) is 0 Å². The number of hydrogen-bond acceptors (Lipinski definition) is 5. The fourth-order valence-corrected chi connectivity index (χ4v) is 2.64. The van der Waals surface area contributed by atoms with Gasteiger partial charge in [-0.25, -0.2) is 4.98 Å². The van der Waals surface area contributed by atoms with Crippen molar-refractivity contribution in [1.29, 1.82) is 0 Å². The van der Waals surface area contributed by atoms with E-state index >= 15 is 0 Å². The van der Waals surface area contributed by atoms with Crippen LogP contribution in [-0.4, -0.2) is 24.1 Å². The molecule has 1 aromatic carbocycles. The Kier molecular flexibility index (Phi) is 4.53. The summed E-state index contributed by atoms with van der Waals surface area (Å²) in [7, 11) is 3.67. The first-order chi connectivity index (χ1) is 9.69. The number of fused-ring (bicyclic) bond motifs is 1. The number of anilines is 3. The van der Waals surface area contributed by atoms with Crippen molar-refractivity contribution < 1.29 is 4.74 Å². The van der Waals surface area contributed by atoms with Gasteiger partial charge in [0.1, 0.15) is 11.6 Å². The number of halogens is 1. The fourth-order valence-electron chi connectivity index (χ4n) is 2.64. The highest BCUT2D eigenvalue weighted by Gasteiger charge is 2.21. The molecule has 0 fully saturated rings. The SMILES string of the molecule is COc1ccc(N(C)c2nc(N)nc3c2CCC3)cc1.Cl. The second-order valence-corrected chi connectivity index (χ2v) is 4.94. The molecule has 0 radical (unpaired) electrons. The number of benzene rings is 1. The van der Waals surface area contributed by atoms with Gasteiger partial charge < -0.3 is 15.4 Å². The number of aromatic nitrogens is 2. The minimum Gasteiger partial charge on any atom is -0.497 e. The van der Waals surface area contributed by atoms with Crippen molar-refractivity contribution in [3.8, 4) is 5.75 Å².